The van der Waals surface area contributed by atoms with E-state index in [-0.39, 0.29) is 11.4 Å². The van der Waals surface area contributed by atoms with Gasteiger partial charge in [0.25, 0.3) is 5.91 Å². The van der Waals surface area contributed by atoms with Crippen LogP contribution in [0.4, 0.5) is 13.2 Å². The minimum Gasteiger partial charge on any atom is -0.352 e. The van der Waals surface area contributed by atoms with Gasteiger partial charge in [-0.3, -0.25) is 4.79 Å². The summed E-state index contributed by atoms with van der Waals surface area (Å²) < 4.78 is 38.9. The molecule has 7 heteroatoms. The fourth-order valence-corrected chi connectivity index (χ4v) is 3.48. The molecule has 0 unspecified atom stereocenters. The second-order valence-electron chi connectivity index (χ2n) is 6.52. The fourth-order valence-electron chi connectivity index (χ4n) is 2.65. The highest BCUT2D eigenvalue weighted by Gasteiger charge is 2.31. The van der Waals surface area contributed by atoms with Crippen molar-refractivity contribution >= 4 is 28.6 Å². The van der Waals surface area contributed by atoms with E-state index in [0.717, 1.165) is 18.6 Å². The number of aromatic nitrogens is 1. The molecule has 0 saturated carbocycles. The Labute approximate surface area is 155 Å². The topological polar surface area (TPSA) is 42.0 Å². The number of nitrogens with one attached hydrogen (secondary N) is 1. The van der Waals surface area contributed by atoms with Crippen LogP contribution in [-0.4, -0.2) is 23.2 Å². The van der Waals surface area contributed by atoms with Crippen molar-refractivity contribution in [3.05, 3.63) is 34.9 Å². The number of carbonyl (C=O) groups is 1. The van der Waals surface area contributed by atoms with Gasteiger partial charge in [-0.15, -0.1) is 11.8 Å². The minimum atomic E-state index is -4.42. The number of benzene rings is 1. The number of aryl methyl sites for hydroxylation is 1. The fraction of sp³-hybridized carbons (Fsp3) is 0.474. The molecule has 0 atom stereocenters. The van der Waals surface area contributed by atoms with Crippen molar-refractivity contribution in [1.82, 2.24) is 10.3 Å². The second kappa shape index (κ2) is 8.29. The number of amides is 1. The Morgan fingerprint density at radius 2 is 2.00 bits per heavy atom. The number of hydrogen-bond donors (Lipinski definition) is 1. The van der Waals surface area contributed by atoms with Crippen LogP contribution in [0.15, 0.2) is 23.2 Å². The molecule has 1 N–H and O–H groups in total. The number of thioether (sulfide) groups is 1. The van der Waals surface area contributed by atoms with E-state index in [2.05, 4.69) is 24.1 Å². The summed E-state index contributed by atoms with van der Waals surface area (Å²) >= 11 is 1.36. The molecule has 1 aromatic heterocycles. The first kappa shape index (κ1) is 20.6. The lowest BCUT2D eigenvalue weighted by Crippen LogP contribution is -2.27. The summed E-state index contributed by atoms with van der Waals surface area (Å²) in [7, 11) is 0. The smallest absolute Gasteiger partial charge is 0.352 e. The maximum atomic E-state index is 13.0. The van der Waals surface area contributed by atoms with Gasteiger partial charge in [0.1, 0.15) is 5.03 Å². The Balaban J connectivity index is 2.50. The SMILES string of the molecule is CCSc1nc2cc(C(F)(F)F)ccc2c(C)c1C(=O)NCCC(C)C. The third-order valence-corrected chi connectivity index (χ3v) is 4.91. The predicted octanol–water partition coefficient (Wildman–Crippen LogP) is 5.45. The second-order valence-corrected chi connectivity index (χ2v) is 7.77. The van der Waals surface area contributed by atoms with Gasteiger partial charge in [0.05, 0.1) is 16.6 Å². The van der Waals surface area contributed by atoms with Crippen LogP contribution in [0.25, 0.3) is 10.9 Å². The molecule has 1 aromatic carbocycles. The van der Waals surface area contributed by atoms with Crippen molar-refractivity contribution < 1.29 is 18.0 Å². The average molecular weight is 384 g/mol. The zero-order valence-electron chi connectivity index (χ0n) is 15.3. The molecule has 0 aliphatic carbocycles. The number of alkyl halides is 3. The van der Waals surface area contributed by atoms with Gasteiger partial charge in [-0.1, -0.05) is 26.8 Å². The van der Waals surface area contributed by atoms with E-state index in [1.54, 1.807) is 6.92 Å². The van der Waals surface area contributed by atoms with Gasteiger partial charge in [-0.2, -0.15) is 13.2 Å². The number of carbonyl (C=O) groups excluding carboxylic acids is 1. The molecule has 2 rings (SSSR count). The van der Waals surface area contributed by atoms with E-state index in [9.17, 15) is 18.0 Å². The molecule has 0 saturated heterocycles. The normalized spacial score (nSPS) is 12.0. The zero-order valence-corrected chi connectivity index (χ0v) is 16.1. The highest BCUT2D eigenvalue weighted by molar-refractivity contribution is 7.99. The summed E-state index contributed by atoms with van der Waals surface area (Å²) in [5, 5.41) is 3.93. The van der Waals surface area contributed by atoms with Crippen molar-refractivity contribution in [2.45, 2.75) is 45.3 Å². The molecular weight excluding hydrogens is 361 g/mol. The standard InChI is InChI=1S/C19H23F3N2OS/c1-5-26-18-16(17(25)23-9-8-11(2)3)12(4)14-7-6-13(19(20,21)22)10-15(14)24-18/h6-7,10-11H,5,8-9H2,1-4H3,(H,23,25). The van der Waals surface area contributed by atoms with Crippen LogP contribution in [0.1, 0.15) is 48.7 Å². The molecule has 142 valence electrons. The van der Waals surface area contributed by atoms with Crippen molar-refractivity contribution in [1.29, 1.82) is 0 Å². The van der Waals surface area contributed by atoms with Crippen LogP contribution in [-0.2, 0) is 6.18 Å². The van der Waals surface area contributed by atoms with E-state index < -0.39 is 11.7 Å². The largest absolute Gasteiger partial charge is 0.416 e. The van der Waals surface area contributed by atoms with Crippen molar-refractivity contribution in [3.63, 3.8) is 0 Å². The van der Waals surface area contributed by atoms with Gasteiger partial charge >= 0.3 is 6.18 Å². The maximum Gasteiger partial charge on any atom is 0.416 e. The lowest BCUT2D eigenvalue weighted by atomic mass is 10.0. The van der Waals surface area contributed by atoms with E-state index in [1.165, 1.54) is 17.8 Å². The molecule has 0 aliphatic rings. The van der Waals surface area contributed by atoms with Gasteiger partial charge in [0, 0.05) is 11.9 Å². The lowest BCUT2D eigenvalue weighted by Gasteiger charge is -2.15. The first-order valence-electron chi connectivity index (χ1n) is 8.57. The monoisotopic (exact) mass is 384 g/mol. The number of nitrogens with zero attached hydrogens (tertiary/aromatic N) is 1. The lowest BCUT2D eigenvalue weighted by molar-refractivity contribution is -0.137. The van der Waals surface area contributed by atoms with Gasteiger partial charge in [-0.05, 0) is 42.7 Å². The Morgan fingerprint density at radius 3 is 2.58 bits per heavy atom. The number of rotatable bonds is 6. The highest BCUT2D eigenvalue weighted by Crippen LogP contribution is 2.34. The number of pyridine rings is 1. The van der Waals surface area contributed by atoms with Crippen LogP contribution in [0.5, 0.6) is 0 Å². The van der Waals surface area contributed by atoms with Crippen molar-refractivity contribution in [2.24, 2.45) is 5.92 Å². The van der Waals surface area contributed by atoms with Crippen molar-refractivity contribution in [3.8, 4) is 0 Å². The molecular formula is C19H23F3N2OS. The van der Waals surface area contributed by atoms with Gasteiger partial charge < -0.3 is 5.32 Å². The van der Waals surface area contributed by atoms with Crippen LogP contribution in [0.2, 0.25) is 0 Å². The summed E-state index contributed by atoms with van der Waals surface area (Å²) in [5.74, 6) is 0.910. The molecule has 0 spiro atoms. The molecule has 0 radical (unpaired) electrons. The molecule has 2 aromatic rings. The average Bonchev–Trinajstić information content (AvgIpc) is 2.53. The first-order chi connectivity index (χ1) is 12.1. The molecule has 0 bridgehead atoms. The van der Waals surface area contributed by atoms with Crippen LogP contribution >= 0.6 is 11.8 Å². The number of hydrogen-bond acceptors (Lipinski definition) is 3. The summed E-state index contributed by atoms with van der Waals surface area (Å²) in [6.45, 7) is 8.38. The molecule has 1 heterocycles. The van der Waals surface area contributed by atoms with Gasteiger partial charge in [0.15, 0.2) is 0 Å². The van der Waals surface area contributed by atoms with E-state index >= 15 is 0 Å². The van der Waals surface area contributed by atoms with Crippen LogP contribution in [0.3, 0.4) is 0 Å². The number of fused-ring (bicyclic) bond motifs is 1. The van der Waals surface area contributed by atoms with Crippen LogP contribution < -0.4 is 5.32 Å². The Bertz CT molecular complexity index is 803. The predicted molar refractivity (Wildman–Crippen MR) is 99.7 cm³/mol. The van der Waals surface area contributed by atoms with E-state index in [0.29, 0.717) is 39.8 Å². The van der Waals surface area contributed by atoms with E-state index in [1.807, 2.05) is 6.92 Å². The van der Waals surface area contributed by atoms with Gasteiger partial charge in [-0.25, -0.2) is 4.98 Å². The highest BCUT2D eigenvalue weighted by atomic mass is 32.2. The molecule has 0 fully saturated rings. The quantitative estimate of drug-likeness (QED) is 0.674. The molecule has 1 amide bonds. The first-order valence-corrected chi connectivity index (χ1v) is 9.56. The third-order valence-electron chi connectivity index (χ3n) is 4.06. The maximum absolute atomic E-state index is 13.0. The minimum absolute atomic E-state index is 0.228. The summed E-state index contributed by atoms with van der Waals surface area (Å²) in [5.41, 5.74) is 0.625. The summed E-state index contributed by atoms with van der Waals surface area (Å²) in [6, 6.07) is 3.47. The Morgan fingerprint density at radius 1 is 1.31 bits per heavy atom. The van der Waals surface area contributed by atoms with Gasteiger partial charge in [0.2, 0.25) is 0 Å². The third kappa shape index (κ3) is 4.69. The van der Waals surface area contributed by atoms with Crippen LogP contribution in [0, 0.1) is 12.8 Å². The molecule has 26 heavy (non-hydrogen) atoms. The molecule has 3 nitrogen and oxygen atoms in total. The Hall–Kier alpha value is -1.76. The van der Waals surface area contributed by atoms with E-state index in [4.69, 9.17) is 0 Å². The Kier molecular flexibility index (Phi) is 6.55. The van der Waals surface area contributed by atoms with Crippen molar-refractivity contribution in [2.75, 3.05) is 12.3 Å². The summed E-state index contributed by atoms with van der Waals surface area (Å²) in [6.07, 6.45) is -3.56. The summed E-state index contributed by atoms with van der Waals surface area (Å²) in [4.78, 5) is 17.0. The number of halogens is 3. The molecule has 0 aliphatic heterocycles. The zero-order chi connectivity index (χ0) is 19.5.